The van der Waals surface area contributed by atoms with Crippen LogP contribution in [0.4, 0.5) is 0 Å². The molecule has 0 aromatic heterocycles. The molecule has 2 heterocycles. The molecule has 1 spiro atoms. The molecule has 2 aliphatic rings. The van der Waals surface area contributed by atoms with Gasteiger partial charge in [0.15, 0.2) is 5.79 Å². The number of benzene rings is 1. The number of piperidine rings is 1. The average Bonchev–Trinajstić information content (AvgIpc) is 2.57. The van der Waals surface area contributed by atoms with Crippen LogP contribution in [-0.2, 0) is 9.47 Å². The summed E-state index contributed by atoms with van der Waals surface area (Å²) in [6, 6.07) is 7.33. The lowest BCUT2D eigenvalue weighted by molar-refractivity contribution is -0.281. The number of hydrogen-bond acceptors (Lipinski definition) is 4. The van der Waals surface area contributed by atoms with Crippen molar-refractivity contribution in [2.75, 3.05) is 32.9 Å². The van der Waals surface area contributed by atoms with E-state index in [2.05, 4.69) is 0 Å². The number of rotatable bonds is 3. The zero-order valence-electron chi connectivity index (χ0n) is 13.0. The normalized spacial score (nSPS) is 20.9. The van der Waals surface area contributed by atoms with Crippen LogP contribution in [-0.4, -0.2) is 49.5 Å². The third-order valence-corrected chi connectivity index (χ3v) is 4.24. The van der Waals surface area contributed by atoms with Crippen molar-refractivity contribution in [3.05, 3.63) is 29.8 Å². The molecular formula is C17H23NO4. The molecule has 2 fully saturated rings. The van der Waals surface area contributed by atoms with Crippen molar-refractivity contribution in [3.8, 4) is 5.75 Å². The number of amides is 1. The molecule has 22 heavy (non-hydrogen) atoms. The Bertz CT molecular complexity index is 498. The molecule has 2 saturated heterocycles. The molecule has 0 saturated carbocycles. The van der Waals surface area contributed by atoms with Crippen molar-refractivity contribution >= 4 is 5.91 Å². The Balaban J connectivity index is 1.59. The summed E-state index contributed by atoms with van der Waals surface area (Å²) in [5.41, 5.74) is 0.699. The van der Waals surface area contributed by atoms with Crippen molar-refractivity contribution in [1.82, 2.24) is 4.90 Å². The second-order valence-corrected chi connectivity index (χ2v) is 5.71. The number of likely N-dealkylation sites (tertiary alicyclic amines) is 1. The zero-order valence-corrected chi connectivity index (χ0v) is 13.0. The predicted molar refractivity (Wildman–Crippen MR) is 82.0 cm³/mol. The third kappa shape index (κ3) is 3.25. The van der Waals surface area contributed by atoms with E-state index >= 15 is 0 Å². The van der Waals surface area contributed by atoms with Crippen LogP contribution in [0.2, 0.25) is 0 Å². The Labute approximate surface area is 131 Å². The van der Waals surface area contributed by atoms with Gasteiger partial charge in [0.1, 0.15) is 5.75 Å². The highest BCUT2D eigenvalue weighted by molar-refractivity contribution is 5.94. The molecule has 5 heteroatoms. The largest absolute Gasteiger partial charge is 0.494 e. The highest BCUT2D eigenvalue weighted by Gasteiger charge is 2.39. The maximum absolute atomic E-state index is 12.5. The van der Waals surface area contributed by atoms with Crippen molar-refractivity contribution in [2.24, 2.45) is 0 Å². The maximum atomic E-state index is 12.5. The summed E-state index contributed by atoms with van der Waals surface area (Å²) in [7, 11) is 0. The Kier molecular flexibility index (Phi) is 4.64. The summed E-state index contributed by atoms with van der Waals surface area (Å²) in [5.74, 6) is 0.405. The standard InChI is InChI=1S/C17H23NO4/c1-2-20-15-6-4-14(5-7-15)16(19)18-10-8-17(9-11-18)21-12-3-13-22-17/h4-7H,2-3,8-13H2,1H3. The summed E-state index contributed by atoms with van der Waals surface area (Å²) < 4.78 is 17.0. The lowest BCUT2D eigenvalue weighted by Crippen LogP contribution is -2.51. The van der Waals surface area contributed by atoms with Crippen LogP contribution in [0.5, 0.6) is 5.75 Å². The van der Waals surface area contributed by atoms with Gasteiger partial charge < -0.3 is 19.1 Å². The molecule has 0 unspecified atom stereocenters. The summed E-state index contributed by atoms with van der Waals surface area (Å²) in [6.07, 6.45) is 2.45. The number of nitrogens with zero attached hydrogens (tertiary/aromatic N) is 1. The van der Waals surface area contributed by atoms with Gasteiger partial charge in [-0.3, -0.25) is 4.79 Å². The molecule has 0 atom stereocenters. The minimum absolute atomic E-state index is 0.0636. The fourth-order valence-corrected chi connectivity index (χ4v) is 3.00. The lowest BCUT2D eigenvalue weighted by atomic mass is 10.0. The first kappa shape index (κ1) is 15.3. The molecule has 0 N–H and O–H groups in total. The van der Waals surface area contributed by atoms with Crippen LogP contribution >= 0.6 is 0 Å². The maximum Gasteiger partial charge on any atom is 0.253 e. The highest BCUT2D eigenvalue weighted by atomic mass is 16.7. The minimum Gasteiger partial charge on any atom is -0.494 e. The molecule has 3 rings (SSSR count). The van der Waals surface area contributed by atoms with E-state index in [1.165, 1.54) is 0 Å². The van der Waals surface area contributed by atoms with Crippen LogP contribution < -0.4 is 4.74 Å². The Morgan fingerprint density at radius 3 is 2.41 bits per heavy atom. The van der Waals surface area contributed by atoms with Crippen LogP contribution in [0, 0.1) is 0 Å². The number of hydrogen-bond donors (Lipinski definition) is 0. The smallest absolute Gasteiger partial charge is 0.253 e. The molecule has 120 valence electrons. The highest BCUT2D eigenvalue weighted by Crippen LogP contribution is 2.31. The van der Waals surface area contributed by atoms with Crippen molar-refractivity contribution in [2.45, 2.75) is 32.0 Å². The molecule has 1 aromatic rings. The molecule has 0 aliphatic carbocycles. The van der Waals surface area contributed by atoms with Gasteiger partial charge in [-0.05, 0) is 37.6 Å². The summed E-state index contributed by atoms with van der Waals surface area (Å²) in [5, 5.41) is 0. The lowest BCUT2D eigenvalue weighted by Gasteiger charge is -2.43. The minimum atomic E-state index is -0.451. The Morgan fingerprint density at radius 2 is 1.82 bits per heavy atom. The number of ether oxygens (including phenoxy) is 3. The SMILES string of the molecule is CCOc1ccc(C(=O)N2CCC3(CC2)OCCCO3)cc1. The molecule has 1 aromatic carbocycles. The third-order valence-electron chi connectivity index (χ3n) is 4.24. The van der Waals surface area contributed by atoms with E-state index < -0.39 is 5.79 Å². The van der Waals surface area contributed by atoms with Crippen LogP contribution in [0.1, 0.15) is 36.5 Å². The Morgan fingerprint density at radius 1 is 1.18 bits per heavy atom. The van der Waals surface area contributed by atoms with E-state index in [-0.39, 0.29) is 5.91 Å². The Hall–Kier alpha value is -1.59. The number of carbonyl (C=O) groups excluding carboxylic acids is 1. The summed E-state index contributed by atoms with van der Waals surface area (Å²) in [4.78, 5) is 14.4. The molecule has 0 bridgehead atoms. The van der Waals surface area contributed by atoms with E-state index in [0.29, 0.717) is 25.3 Å². The fourth-order valence-electron chi connectivity index (χ4n) is 3.00. The first-order chi connectivity index (χ1) is 10.7. The average molecular weight is 305 g/mol. The van der Waals surface area contributed by atoms with Gasteiger partial charge in [0.25, 0.3) is 5.91 Å². The molecule has 0 radical (unpaired) electrons. The monoisotopic (exact) mass is 305 g/mol. The van der Waals surface area contributed by atoms with Gasteiger partial charge >= 0.3 is 0 Å². The molecule has 2 aliphatic heterocycles. The van der Waals surface area contributed by atoms with E-state index in [0.717, 1.165) is 38.2 Å². The second-order valence-electron chi connectivity index (χ2n) is 5.71. The van der Waals surface area contributed by atoms with E-state index in [4.69, 9.17) is 14.2 Å². The number of carbonyl (C=O) groups is 1. The summed E-state index contributed by atoms with van der Waals surface area (Å²) >= 11 is 0. The first-order valence-electron chi connectivity index (χ1n) is 8.02. The van der Waals surface area contributed by atoms with Gasteiger partial charge in [0.2, 0.25) is 0 Å². The topological polar surface area (TPSA) is 48.0 Å². The quantitative estimate of drug-likeness (QED) is 0.860. The van der Waals surface area contributed by atoms with Gasteiger partial charge in [0, 0.05) is 31.5 Å². The van der Waals surface area contributed by atoms with Gasteiger partial charge in [0.05, 0.1) is 19.8 Å². The van der Waals surface area contributed by atoms with Crippen molar-refractivity contribution in [3.63, 3.8) is 0 Å². The predicted octanol–water partition coefficient (Wildman–Crippen LogP) is 2.45. The van der Waals surface area contributed by atoms with Crippen LogP contribution in [0.3, 0.4) is 0 Å². The van der Waals surface area contributed by atoms with Gasteiger partial charge in [-0.25, -0.2) is 0 Å². The molecular weight excluding hydrogens is 282 g/mol. The van der Waals surface area contributed by atoms with Crippen LogP contribution in [0.15, 0.2) is 24.3 Å². The van der Waals surface area contributed by atoms with E-state index in [1.807, 2.05) is 36.1 Å². The van der Waals surface area contributed by atoms with Gasteiger partial charge in [-0.2, -0.15) is 0 Å². The fraction of sp³-hybridized carbons (Fsp3) is 0.588. The van der Waals surface area contributed by atoms with Crippen LogP contribution in [0.25, 0.3) is 0 Å². The molecule has 5 nitrogen and oxygen atoms in total. The van der Waals surface area contributed by atoms with Crippen molar-refractivity contribution in [1.29, 1.82) is 0 Å². The first-order valence-corrected chi connectivity index (χ1v) is 8.02. The van der Waals surface area contributed by atoms with Gasteiger partial charge in [-0.15, -0.1) is 0 Å². The van der Waals surface area contributed by atoms with E-state index in [9.17, 15) is 4.79 Å². The second kappa shape index (κ2) is 6.67. The summed E-state index contributed by atoms with van der Waals surface area (Å²) in [6.45, 7) is 5.43. The zero-order chi connectivity index (χ0) is 15.4. The van der Waals surface area contributed by atoms with Crippen molar-refractivity contribution < 1.29 is 19.0 Å². The van der Waals surface area contributed by atoms with E-state index in [1.54, 1.807) is 0 Å². The molecule has 1 amide bonds. The van der Waals surface area contributed by atoms with Gasteiger partial charge in [-0.1, -0.05) is 0 Å².